The first kappa shape index (κ1) is 19.2. The molecule has 0 radical (unpaired) electrons. The van der Waals surface area contributed by atoms with E-state index in [0.717, 1.165) is 54.7 Å². The van der Waals surface area contributed by atoms with Crippen molar-refractivity contribution in [3.05, 3.63) is 35.7 Å². The molecule has 7 heteroatoms. The van der Waals surface area contributed by atoms with Crippen LogP contribution in [0.5, 0.6) is 5.75 Å². The summed E-state index contributed by atoms with van der Waals surface area (Å²) in [6.07, 6.45) is 0. The maximum absolute atomic E-state index is 12.8. The molecule has 7 nitrogen and oxygen atoms in total. The van der Waals surface area contributed by atoms with Crippen LogP contribution in [0.4, 0.5) is 11.4 Å². The molecule has 0 unspecified atom stereocenters. The number of carbonyl (C=O) groups excluding carboxylic acids is 1. The topological polar surface area (TPSA) is 63.8 Å². The van der Waals surface area contributed by atoms with E-state index in [1.54, 1.807) is 11.8 Å². The first-order valence-corrected chi connectivity index (χ1v) is 9.46. The molecule has 0 aliphatic carbocycles. The highest BCUT2D eigenvalue weighted by molar-refractivity contribution is 5.94. The quantitative estimate of drug-likeness (QED) is 0.814. The fraction of sp³-hybridized carbons (Fsp3) is 0.500. The summed E-state index contributed by atoms with van der Waals surface area (Å²) in [5, 5.41) is 7.45. The lowest BCUT2D eigenvalue weighted by molar-refractivity contribution is -0.914. The van der Waals surface area contributed by atoms with Gasteiger partial charge in [0.15, 0.2) is 6.04 Å². The Labute approximate surface area is 160 Å². The van der Waals surface area contributed by atoms with Crippen molar-refractivity contribution in [3.63, 3.8) is 0 Å². The van der Waals surface area contributed by atoms with Gasteiger partial charge in [0.05, 0.1) is 56.1 Å². The third-order valence-electron chi connectivity index (χ3n) is 5.59. The number of ether oxygens (including phenoxy) is 1. The number of para-hydroxylation sites is 2. The number of amides is 1. The highest BCUT2D eigenvalue weighted by Crippen LogP contribution is 2.27. The zero-order valence-corrected chi connectivity index (χ0v) is 16.9. The molecule has 1 aromatic heterocycles. The van der Waals surface area contributed by atoms with Crippen LogP contribution < -0.4 is 19.9 Å². The summed E-state index contributed by atoms with van der Waals surface area (Å²) in [5.74, 6) is 0.948. The van der Waals surface area contributed by atoms with Gasteiger partial charge in [-0.15, -0.1) is 0 Å². The molecule has 1 aliphatic rings. The van der Waals surface area contributed by atoms with Crippen molar-refractivity contribution < 1.29 is 14.4 Å². The standard InChI is InChI=1S/C20H29N5O2/c1-14-19(15(2)23(4)22-14)21-20(26)16(3)24-10-12-25(13-11-24)17-8-6-7-9-18(17)27-5/h6-9,16H,10-13H2,1-5H3,(H,21,26)/p+1/t16-/m1/s1. The molecule has 1 saturated heterocycles. The second kappa shape index (κ2) is 8.00. The molecule has 2 N–H and O–H groups in total. The molecule has 1 amide bonds. The summed E-state index contributed by atoms with van der Waals surface area (Å²) in [4.78, 5) is 16.4. The van der Waals surface area contributed by atoms with Gasteiger partial charge in [0.1, 0.15) is 5.75 Å². The van der Waals surface area contributed by atoms with Crippen LogP contribution in [-0.2, 0) is 11.8 Å². The number of hydrogen-bond acceptors (Lipinski definition) is 4. The van der Waals surface area contributed by atoms with E-state index in [0.29, 0.717) is 0 Å². The number of benzene rings is 1. The number of piperazine rings is 1. The number of aromatic nitrogens is 2. The van der Waals surface area contributed by atoms with Crippen molar-refractivity contribution >= 4 is 17.3 Å². The predicted octanol–water partition coefficient (Wildman–Crippen LogP) is 0.778. The molecular formula is C20H30N5O2+. The third-order valence-corrected chi connectivity index (χ3v) is 5.59. The fourth-order valence-electron chi connectivity index (χ4n) is 3.73. The Morgan fingerprint density at radius 2 is 1.93 bits per heavy atom. The Kier molecular flexibility index (Phi) is 5.70. The number of quaternary nitrogens is 1. The molecule has 3 rings (SSSR count). The molecule has 1 fully saturated rings. The van der Waals surface area contributed by atoms with Gasteiger partial charge in [-0.25, -0.2) is 0 Å². The molecule has 1 aromatic carbocycles. The van der Waals surface area contributed by atoms with Gasteiger partial charge in [0.25, 0.3) is 5.91 Å². The first-order valence-electron chi connectivity index (χ1n) is 9.46. The summed E-state index contributed by atoms with van der Waals surface area (Å²) in [6, 6.07) is 7.99. The van der Waals surface area contributed by atoms with Crippen LogP contribution in [0.15, 0.2) is 24.3 Å². The number of methoxy groups -OCH3 is 1. The van der Waals surface area contributed by atoms with Crippen molar-refractivity contribution in [3.8, 4) is 5.75 Å². The molecule has 0 spiro atoms. The highest BCUT2D eigenvalue weighted by atomic mass is 16.5. The SMILES string of the molecule is COc1ccccc1N1CC[NH+]([C@H](C)C(=O)Nc2c(C)nn(C)c2C)CC1. The maximum Gasteiger partial charge on any atom is 0.282 e. The van der Waals surface area contributed by atoms with E-state index in [1.165, 1.54) is 4.90 Å². The van der Waals surface area contributed by atoms with Gasteiger partial charge in [0.2, 0.25) is 0 Å². The number of rotatable bonds is 5. The van der Waals surface area contributed by atoms with Crippen molar-refractivity contribution in [2.24, 2.45) is 7.05 Å². The minimum Gasteiger partial charge on any atom is -0.495 e. The highest BCUT2D eigenvalue weighted by Gasteiger charge is 2.30. The molecule has 27 heavy (non-hydrogen) atoms. The zero-order valence-electron chi connectivity index (χ0n) is 16.9. The lowest BCUT2D eigenvalue weighted by Crippen LogP contribution is -3.19. The number of hydrogen-bond donors (Lipinski definition) is 2. The lowest BCUT2D eigenvalue weighted by atomic mass is 10.2. The summed E-state index contributed by atoms with van der Waals surface area (Å²) < 4.78 is 7.28. The largest absolute Gasteiger partial charge is 0.495 e. The monoisotopic (exact) mass is 372 g/mol. The van der Waals surface area contributed by atoms with E-state index in [1.807, 2.05) is 46.0 Å². The second-order valence-electron chi connectivity index (χ2n) is 7.20. The van der Waals surface area contributed by atoms with Crippen molar-refractivity contribution in [1.29, 1.82) is 0 Å². The van der Waals surface area contributed by atoms with Crippen LogP contribution in [0.25, 0.3) is 0 Å². The molecular weight excluding hydrogens is 342 g/mol. The van der Waals surface area contributed by atoms with Gasteiger partial charge in [-0.1, -0.05) is 12.1 Å². The molecule has 2 aromatic rings. The predicted molar refractivity (Wildman–Crippen MR) is 107 cm³/mol. The van der Waals surface area contributed by atoms with E-state index in [-0.39, 0.29) is 11.9 Å². The molecule has 0 bridgehead atoms. The Morgan fingerprint density at radius 3 is 2.52 bits per heavy atom. The Hall–Kier alpha value is -2.54. The van der Waals surface area contributed by atoms with Gasteiger partial charge in [0, 0.05) is 7.05 Å². The molecule has 1 atom stereocenters. The Bertz CT molecular complexity index is 809. The van der Waals surface area contributed by atoms with Crippen LogP contribution in [0.2, 0.25) is 0 Å². The molecule has 0 saturated carbocycles. The number of nitrogens with zero attached hydrogens (tertiary/aromatic N) is 3. The fourth-order valence-corrected chi connectivity index (χ4v) is 3.73. The van der Waals surface area contributed by atoms with Gasteiger partial charge < -0.3 is 19.9 Å². The zero-order chi connectivity index (χ0) is 19.6. The minimum atomic E-state index is -0.108. The van der Waals surface area contributed by atoms with Crippen LogP contribution in [0.1, 0.15) is 18.3 Å². The van der Waals surface area contributed by atoms with Gasteiger partial charge >= 0.3 is 0 Å². The van der Waals surface area contributed by atoms with Crippen molar-refractivity contribution in [2.45, 2.75) is 26.8 Å². The minimum absolute atomic E-state index is 0.0509. The van der Waals surface area contributed by atoms with E-state index in [4.69, 9.17) is 4.74 Å². The van der Waals surface area contributed by atoms with Crippen LogP contribution in [0.3, 0.4) is 0 Å². The first-order chi connectivity index (χ1) is 12.9. The lowest BCUT2D eigenvalue weighted by Gasteiger charge is -2.36. The number of nitrogens with one attached hydrogen (secondary N) is 2. The maximum atomic E-state index is 12.8. The second-order valence-corrected chi connectivity index (χ2v) is 7.20. The summed E-state index contributed by atoms with van der Waals surface area (Å²) >= 11 is 0. The summed E-state index contributed by atoms with van der Waals surface area (Å²) in [6.45, 7) is 9.53. The molecule has 2 heterocycles. The summed E-state index contributed by atoms with van der Waals surface area (Å²) in [7, 11) is 3.60. The van der Waals surface area contributed by atoms with Gasteiger partial charge in [-0.3, -0.25) is 9.48 Å². The van der Waals surface area contributed by atoms with Crippen LogP contribution >= 0.6 is 0 Å². The molecule has 1 aliphatic heterocycles. The smallest absolute Gasteiger partial charge is 0.282 e. The van der Waals surface area contributed by atoms with Crippen molar-refractivity contribution in [1.82, 2.24) is 9.78 Å². The van der Waals surface area contributed by atoms with E-state index in [2.05, 4.69) is 21.4 Å². The summed E-state index contributed by atoms with van der Waals surface area (Å²) in [5.41, 5.74) is 3.79. The van der Waals surface area contributed by atoms with Gasteiger partial charge in [-0.05, 0) is 32.9 Å². The number of aryl methyl sites for hydroxylation is 2. The van der Waals surface area contributed by atoms with E-state index < -0.39 is 0 Å². The van der Waals surface area contributed by atoms with Crippen molar-refractivity contribution in [2.75, 3.05) is 43.5 Å². The van der Waals surface area contributed by atoms with Gasteiger partial charge in [-0.2, -0.15) is 5.10 Å². The normalized spacial score (nSPS) is 16.3. The third kappa shape index (κ3) is 3.93. The average molecular weight is 372 g/mol. The number of carbonyl (C=O) groups is 1. The van der Waals surface area contributed by atoms with E-state index >= 15 is 0 Å². The number of anilines is 2. The Morgan fingerprint density at radius 1 is 1.26 bits per heavy atom. The van der Waals surface area contributed by atoms with E-state index in [9.17, 15) is 4.79 Å². The Balaban J connectivity index is 1.61. The van der Waals surface area contributed by atoms with Crippen LogP contribution in [0, 0.1) is 13.8 Å². The van der Waals surface area contributed by atoms with Crippen LogP contribution in [-0.4, -0.2) is 55.0 Å². The average Bonchev–Trinajstić information content (AvgIpc) is 2.93. The molecule has 146 valence electrons.